The van der Waals surface area contributed by atoms with Gasteiger partial charge in [-0.05, 0) is 58.6 Å². The van der Waals surface area contributed by atoms with Gasteiger partial charge in [-0.3, -0.25) is 4.72 Å². The van der Waals surface area contributed by atoms with Gasteiger partial charge in [-0.2, -0.15) is 0 Å². The molecule has 0 aliphatic rings. The molecule has 112 valence electrons. The lowest BCUT2D eigenvalue weighted by molar-refractivity contribution is 0.567. The largest absolute Gasteiger partial charge is 0.399 e. The first-order chi connectivity index (χ1) is 9.83. The fourth-order valence-electron chi connectivity index (χ4n) is 1.65. The van der Waals surface area contributed by atoms with Crippen LogP contribution in [0, 0.1) is 5.82 Å². The van der Waals surface area contributed by atoms with Crippen LogP contribution in [0.4, 0.5) is 15.8 Å². The smallest absolute Gasteiger partial charge is 0.264 e. The molecule has 0 aromatic heterocycles. The van der Waals surface area contributed by atoms with Crippen LogP contribution in [-0.4, -0.2) is 14.7 Å². The third-order valence-electron chi connectivity index (χ3n) is 2.65. The minimum absolute atomic E-state index is 0.000561. The molecule has 21 heavy (non-hydrogen) atoms. The van der Waals surface area contributed by atoms with Crippen LogP contribution in [0.25, 0.3) is 0 Å². The molecule has 0 unspecified atom stereocenters. The summed E-state index contributed by atoms with van der Waals surface area (Å²) in [4.78, 5) is 0.499. The van der Waals surface area contributed by atoms with Crippen LogP contribution in [0.1, 0.15) is 0 Å². The summed E-state index contributed by atoms with van der Waals surface area (Å²) >= 11 is 4.48. The second kappa shape index (κ2) is 6.25. The van der Waals surface area contributed by atoms with Crippen molar-refractivity contribution in [3.8, 4) is 0 Å². The molecule has 2 rings (SSSR count). The number of nitrogen functional groups attached to an aromatic ring is 1. The van der Waals surface area contributed by atoms with Crippen LogP contribution < -0.4 is 10.5 Å². The zero-order valence-electron chi connectivity index (χ0n) is 10.9. The van der Waals surface area contributed by atoms with Gasteiger partial charge >= 0.3 is 0 Å². The Morgan fingerprint density at radius 3 is 2.43 bits per heavy atom. The van der Waals surface area contributed by atoms with Crippen molar-refractivity contribution in [2.75, 3.05) is 16.7 Å². The van der Waals surface area contributed by atoms with Gasteiger partial charge in [-0.25, -0.2) is 12.8 Å². The van der Waals surface area contributed by atoms with Crippen LogP contribution in [0.5, 0.6) is 0 Å². The Bertz CT molecular complexity index is 764. The van der Waals surface area contributed by atoms with E-state index in [0.717, 1.165) is 11.0 Å². The van der Waals surface area contributed by atoms with Gasteiger partial charge in [-0.1, -0.05) is 0 Å². The van der Waals surface area contributed by atoms with Crippen LogP contribution in [0.2, 0.25) is 0 Å². The maximum absolute atomic E-state index is 14.0. The Balaban J connectivity index is 2.38. The number of nitrogens with two attached hydrogens (primary N) is 1. The molecule has 0 amide bonds. The highest BCUT2D eigenvalue weighted by molar-refractivity contribution is 9.10. The zero-order valence-corrected chi connectivity index (χ0v) is 14.1. The third-order valence-corrected chi connectivity index (χ3v) is 5.35. The van der Waals surface area contributed by atoms with E-state index in [2.05, 4.69) is 20.7 Å². The lowest BCUT2D eigenvalue weighted by atomic mass is 10.3. The fourth-order valence-corrected chi connectivity index (χ4v) is 3.86. The Labute approximate surface area is 135 Å². The Kier molecular flexibility index (Phi) is 4.80. The average Bonchev–Trinajstić information content (AvgIpc) is 2.43. The summed E-state index contributed by atoms with van der Waals surface area (Å²) < 4.78 is 40.8. The highest BCUT2D eigenvalue weighted by Crippen LogP contribution is 2.28. The van der Waals surface area contributed by atoms with E-state index in [1.54, 1.807) is 24.3 Å². The molecule has 0 bridgehead atoms. The molecule has 3 N–H and O–H groups in total. The Morgan fingerprint density at radius 2 is 1.86 bits per heavy atom. The number of hydrogen-bond donors (Lipinski definition) is 2. The predicted octanol–water partition coefficient (Wildman–Crippen LogP) is 3.69. The zero-order chi connectivity index (χ0) is 15.6. The minimum atomic E-state index is -4.05. The Hall–Kier alpha value is -1.25. The Morgan fingerprint density at radius 1 is 1.24 bits per heavy atom. The SMILES string of the molecule is CSc1ccc(NS(=O)(=O)c2cc(N)cc(Br)c2F)cc1. The van der Waals surface area contributed by atoms with E-state index in [-0.39, 0.29) is 10.2 Å². The van der Waals surface area contributed by atoms with Gasteiger partial charge in [-0.15, -0.1) is 11.8 Å². The highest BCUT2D eigenvalue weighted by atomic mass is 79.9. The van der Waals surface area contributed by atoms with Crippen molar-refractivity contribution in [1.29, 1.82) is 0 Å². The third kappa shape index (κ3) is 3.69. The summed E-state index contributed by atoms with van der Waals surface area (Å²) in [5.41, 5.74) is 6.07. The van der Waals surface area contributed by atoms with Gasteiger partial charge in [0.2, 0.25) is 0 Å². The molecule has 0 radical (unpaired) electrons. The second-order valence-corrected chi connectivity index (χ2v) is 7.53. The molecule has 0 spiro atoms. The van der Waals surface area contributed by atoms with Gasteiger partial charge < -0.3 is 5.73 Å². The maximum Gasteiger partial charge on any atom is 0.264 e. The topological polar surface area (TPSA) is 72.2 Å². The number of nitrogens with one attached hydrogen (secondary N) is 1. The van der Waals surface area contributed by atoms with E-state index in [1.165, 1.54) is 17.8 Å². The van der Waals surface area contributed by atoms with Crippen LogP contribution in [0.3, 0.4) is 0 Å². The van der Waals surface area contributed by atoms with Gasteiger partial charge in [0.1, 0.15) is 4.90 Å². The first-order valence-corrected chi connectivity index (χ1v) is 9.25. The van der Waals surface area contributed by atoms with Crippen molar-refractivity contribution in [2.45, 2.75) is 9.79 Å². The van der Waals surface area contributed by atoms with Gasteiger partial charge in [0.15, 0.2) is 5.82 Å². The summed E-state index contributed by atoms with van der Waals surface area (Å²) in [5, 5.41) is 0. The number of hydrogen-bond acceptors (Lipinski definition) is 4. The highest BCUT2D eigenvalue weighted by Gasteiger charge is 2.21. The van der Waals surface area contributed by atoms with Crippen molar-refractivity contribution in [1.82, 2.24) is 0 Å². The van der Waals surface area contributed by atoms with E-state index in [9.17, 15) is 12.8 Å². The van der Waals surface area contributed by atoms with Crippen molar-refractivity contribution in [2.24, 2.45) is 0 Å². The van der Waals surface area contributed by atoms with Gasteiger partial charge in [0.25, 0.3) is 10.0 Å². The summed E-state index contributed by atoms with van der Waals surface area (Å²) in [6, 6.07) is 9.16. The van der Waals surface area contributed by atoms with Crippen LogP contribution in [-0.2, 0) is 10.0 Å². The first-order valence-electron chi connectivity index (χ1n) is 5.75. The molecular weight excluding hydrogens is 379 g/mol. The molecule has 0 aliphatic heterocycles. The lowest BCUT2D eigenvalue weighted by Gasteiger charge is -2.11. The average molecular weight is 391 g/mol. The van der Waals surface area contributed by atoms with Crippen molar-refractivity contribution in [3.05, 3.63) is 46.7 Å². The number of rotatable bonds is 4. The molecule has 0 aliphatic carbocycles. The lowest BCUT2D eigenvalue weighted by Crippen LogP contribution is -2.15. The number of benzene rings is 2. The predicted molar refractivity (Wildman–Crippen MR) is 87.5 cm³/mol. The minimum Gasteiger partial charge on any atom is -0.399 e. The van der Waals surface area contributed by atoms with Crippen molar-refractivity contribution >= 4 is 49.1 Å². The van der Waals surface area contributed by atoms with E-state index < -0.39 is 20.7 Å². The number of sulfonamides is 1. The van der Waals surface area contributed by atoms with Crippen molar-refractivity contribution < 1.29 is 12.8 Å². The van der Waals surface area contributed by atoms with Crippen molar-refractivity contribution in [3.63, 3.8) is 0 Å². The molecule has 0 saturated carbocycles. The van der Waals surface area contributed by atoms with E-state index in [0.29, 0.717) is 5.69 Å². The van der Waals surface area contributed by atoms with Crippen LogP contribution in [0.15, 0.2) is 50.7 Å². The molecule has 2 aromatic carbocycles. The molecule has 0 heterocycles. The number of thioether (sulfide) groups is 1. The molecule has 4 nitrogen and oxygen atoms in total. The summed E-state index contributed by atoms with van der Waals surface area (Å²) in [5.74, 6) is -0.877. The van der Waals surface area contributed by atoms with E-state index in [4.69, 9.17) is 5.73 Å². The quantitative estimate of drug-likeness (QED) is 0.616. The maximum atomic E-state index is 14.0. The number of halogens is 2. The summed E-state index contributed by atoms with van der Waals surface area (Å²) in [6.45, 7) is 0. The molecule has 8 heteroatoms. The standard InChI is InChI=1S/C13H12BrFN2O2S2/c1-20-10-4-2-9(3-5-10)17-21(18,19)12-7-8(16)6-11(14)13(12)15/h2-7,17H,16H2,1H3. The molecule has 2 aromatic rings. The second-order valence-electron chi connectivity index (χ2n) is 4.15. The van der Waals surface area contributed by atoms with Gasteiger partial charge in [0.05, 0.1) is 4.47 Å². The first kappa shape index (κ1) is 16.1. The number of anilines is 2. The van der Waals surface area contributed by atoms with Crippen LogP contribution >= 0.6 is 27.7 Å². The monoisotopic (exact) mass is 390 g/mol. The summed E-state index contributed by atoms with van der Waals surface area (Å²) in [6.07, 6.45) is 1.92. The van der Waals surface area contributed by atoms with Gasteiger partial charge in [0, 0.05) is 16.3 Å². The van der Waals surface area contributed by atoms with E-state index >= 15 is 0 Å². The van der Waals surface area contributed by atoms with E-state index in [1.807, 2.05) is 6.26 Å². The fraction of sp³-hybridized carbons (Fsp3) is 0.0769. The summed E-state index contributed by atoms with van der Waals surface area (Å²) in [7, 11) is -4.05. The molecule has 0 fully saturated rings. The molecular formula is C13H12BrFN2O2S2. The molecule has 0 atom stereocenters. The normalized spacial score (nSPS) is 11.4. The molecule has 0 saturated heterocycles.